The lowest BCUT2D eigenvalue weighted by atomic mass is 10.00. The number of carbonyl (C=O) groups is 1. The molecule has 10 heteroatoms. The first-order valence-electron chi connectivity index (χ1n) is 12.9. The van der Waals surface area contributed by atoms with Gasteiger partial charge in [-0.3, -0.25) is 14.1 Å². The maximum Gasteiger partial charge on any atom is 0.387 e. The highest BCUT2D eigenvalue weighted by atomic mass is 19.3. The standard InChI is InChI=1S/C28H30F2N4O4/c1-36-24-13-19(14-25(38-28(29)30)27(24)23(35)12-18-5-6-18)22-16-32-26-15-21(7-10-34(22)26)37-17-20-4-2-3-9-33(20)11-8-31/h7,10,13-16,18,20,28H,2-6,9,11-12,17H2,1H3. The van der Waals surface area contributed by atoms with E-state index in [1.165, 1.54) is 13.2 Å². The number of ketones is 1. The van der Waals surface area contributed by atoms with E-state index in [4.69, 9.17) is 19.5 Å². The smallest absolute Gasteiger partial charge is 0.387 e. The van der Waals surface area contributed by atoms with Crippen LogP contribution in [-0.2, 0) is 0 Å². The van der Waals surface area contributed by atoms with Crippen molar-refractivity contribution in [3.63, 3.8) is 0 Å². The lowest BCUT2D eigenvalue weighted by Crippen LogP contribution is -2.43. The van der Waals surface area contributed by atoms with Crippen LogP contribution in [0, 0.1) is 17.2 Å². The number of Topliss-reactive ketones (excluding diaryl/α,β-unsaturated/α-hetero) is 1. The number of halogens is 2. The minimum Gasteiger partial charge on any atom is -0.496 e. The predicted octanol–water partition coefficient (Wildman–Crippen LogP) is 5.35. The van der Waals surface area contributed by atoms with Gasteiger partial charge < -0.3 is 14.2 Å². The molecule has 3 aromatic rings. The zero-order valence-corrected chi connectivity index (χ0v) is 21.2. The number of ether oxygens (including phenoxy) is 3. The number of methoxy groups -OCH3 is 1. The highest BCUT2D eigenvalue weighted by Crippen LogP contribution is 2.40. The maximum absolute atomic E-state index is 13.3. The third kappa shape index (κ3) is 5.73. The molecule has 1 atom stereocenters. The van der Waals surface area contributed by atoms with Gasteiger partial charge in [0, 0.05) is 30.3 Å². The molecule has 1 aromatic carbocycles. The molecule has 1 aliphatic heterocycles. The summed E-state index contributed by atoms with van der Waals surface area (Å²) in [5.74, 6) is 0.654. The van der Waals surface area contributed by atoms with E-state index in [1.54, 1.807) is 18.5 Å². The van der Waals surface area contributed by atoms with E-state index in [-0.39, 0.29) is 41.2 Å². The van der Waals surface area contributed by atoms with Crippen LogP contribution in [-0.4, -0.2) is 59.5 Å². The van der Waals surface area contributed by atoms with E-state index in [2.05, 4.69) is 16.0 Å². The van der Waals surface area contributed by atoms with Crippen LogP contribution in [0.15, 0.2) is 36.7 Å². The second kappa shape index (κ2) is 11.4. The number of carbonyl (C=O) groups excluding carboxylic acids is 1. The van der Waals surface area contributed by atoms with E-state index in [9.17, 15) is 13.6 Å². The molecule has 1 saturated carbocycles. The SMILES string of the molecule is COc1cc(-c2cnc3cc(OCC4CCCCN4CC#N)ccn23)cc(OC(F)F)c1C(=O)CC1CC1. The van der Waals surface area contributed by atoms with E-state index < -0.39 is 6.61 Å². The van der Waals surface area contributed by atoms with Gasteiger partial charge in [0.2, 0.25) is 0 Å². The number of piperidine rings is 1. The highest BCUT2D eigenvalue weighted by Gasteiger charge is 2.30. The van der Waals surface area contributed by atoms with Gasteiger partial charge in [0.05, 0.1) is 31.6 Å². The van der Waals surface area contributed by atoms with Gasteiger partial charge in [0.1, 0.15) is 35.1 Å². The first-order valence-corrected chi connectivity index (χ1v) is 12.9. The van der Waals surface area contributed by atoms with E-state index >= 15 is 0 Å². The summed E-state index contributed by atoms with van der Waals surface area (Å²) in [6, 6.07) is 9.14. The lowest BCUT2D eigenvalue weighted by Gasteiger charge is -2.33. The van der Waals surface area contributed by atoms with Crippen molar-refractivity contribution in [1.29, 1.82) is 5.26 Å². The number of imidazole rings is 1. The van der Waals surface area contributed by atoms with Crippen molar-refractivity contribution in [1.82, 2.24) is 14.3 Å². The minimum absolute atomic E-state index is 0.0427. The molecule has 1 aliphatic carbocycles. The van der Waals surface area contributed by atoms with Crippen LogP contribution in [0.2, 0.25) is 0 Å². The number of nitriles is 1. The normalized spacial score (nSPS) is 17.9. The molecular weight excluding hydrogens is 494 g/mol. The van der Waals surface area contributed by atoms with E-state index in [1.807, 2.05) is 16.5 Å². The van der Waals surface area contributed by atoms with Crippen molar-refractivity contribution in [2.75, 3.05) is 26.8 Å². The Hall–Kier alpha value is -3.71. The fourth-order valence-corrected chi connectivity index (χ4v) is 5.05. The molecule has 0 amide bonds. The second-order valence-corrected chi connectivity index (χ2v) is 9.82. The summed E-state index contributed by atoms with van der Waals surface area (Å²) < 4.78 is 44.7. The number of pyridine rings is 1. The molecule has 2 aromatic heterocycles. The molecular formula is C28H30F2N4O4. The van der Waals surface area contributed by atoms with Gasteiger partial charge in [-0.15, -0.1) is 0 Å². The van der Waals surface area contributed by atoms with Crippen molar-refractivity contribution in [3.8, 4) is 34.6 Å². The third-order valence-electron chi connectivity index (χ3n) is 7.20. The average Bonchev–Trinajstić information content (AvgIpc) is 3.62. The fourth-order valence-electron chi connectivity index (χ4n) is 5.05. The zero-order valence-electron chi connectivity index (χ0n) is 21.2. The Labute approximate surface area is 219 Å². The number of hydrogen-bond donors (Lipinski definition) is 0. The summed E-state index contributed by atoms with van der Waals surface area (Å²) >= 11 is 0. The molecule has 0 spiro atoms. The molecule has 200 valence electrons. The molecule has 8 nitrogen and oxygen atoms in total. The van der Waals surface area contributed by atoms with Crippen LogP contribution in [0.1, 0.15) is 48.9 Å². The molecule has 0 radical (unpaired) electrons. The number of likely N-dealkylation sites (tertiary alicyclic amines) is 1. The third-order valence-corrected chi connectivity index (χ3v) is 7.20. The summed E-state index contributed by atoms with van der Waals surface area (Å²) in [6.07, 6.45) is 8.82. The number of nitrogens with zero attached hydrogens (tertiary/aromatic N) is 4. The number of aromatic nitrogens is 2. The van der Waals surface area contributed by atoms with Gasteiger partial charge >= 0.3 is 6.61 Å². The number of hydrogen-bond acceptors (Lipinski definition) is 7. The molecule has 1 saturated heterocycles. The molecule has 0 bridgehead atoms. The first kappa shape index (κ1) is 25.9. The summed E-state index contributed by atoms with van der Waals surface area (Å²) in [4.78, 5) is 19.5. The second-order valence-electron chi connectivity index (χ2n) is 9.82. The van der Waals surface area contributed by atoms with Crippen LogP contribution in [0.3, 0.4) is 0 Å². The quantitative estimate of drug-likeness (QED) is 0.247. The molecule has 38 heavy (non-hydrogen) atoms. The van der Waals surface area contributed by atoms with Crippen LogP contribution in [0.25, 0.3) is 16.9 Å². The summed E-state index contributed by atoms with van der Waals surface area (Å²) in [5.41, 5.74) is 1.80. The number of benzene rings is 1. The van der Waals surface area contributed by atoms with Crippen LogP contribution in [0.4, 0.5) is 8.78 Å². The summed E-state index contributed by atoms with van der Waals surface area (Å²) in [7, 11) is 1.40. The van der Waals surface area contributed by atoms with Gasteiger partial charge in [-0.1, -0.05) is 6.42 Å². The Bertz CT molecular complexity index is 1350. The Morgan fingerprint density at radius 2 is 2.03 bits per heavy atom. The van der Waals surface area contributed by atoms with Crippen molar-refractivity contribution in [2.24, 2.45) is 5.92 Å². The molecule has 2 aliphatic rings. The van der Waals surface area contributed by atoms with Crippen molar-refractivity contribution in [3.05, 3.63) is 42.2 Å². The maximum atomic E-state index is 13.3. The molecule has 0 N–H and O–H groups in total. The average molecular weight is 525 g/mol. The number of alkyl halides is 2. The van der Waals surface area contributed by atoms with Crippen LogP contribution < -0.4 is 14.2 Å². The molecule has 2 fully saturated rings. The van der Waals surface area contributed by atoms with Gasteiger partial charge in [-0.2, -0.15) is 14.0 Å². The Morgan fingerprint density at radius 1 is 1.21 bits per heavy atom. The molecule has 5 rings (SSSR count). The molecule has 1 unspecified atom stereocenters. The zero-order chi connectivity index (χ0) is 26.6. The number of rotatable bonds is 11. The Morgan fingerprint density at radius 3 is 2.76 bits per heavy atom. The molecule has 3 heterocycles. The topological polar surface area (TPSA) is 89.1 Å². The Balaban J connectivity index is 1.41. The van der Waals surface area contributed by atoms with Crippen LogP contribution in [0.5, 0.6) is 17.2 Å². The van der Waals surface area contributed by atoms with Gasteiger partial charge in [-0.05, 0) is 56.3 Å². The predicted molar refractivity (Wildman–Crippen MR) is 136 cm³/mol. The van der Waals surface area contributed by atoms with E-state index in [0.29, 0.717) is 35.8 Å². The van der Waals surface area contributed by atoms with Crippen molar-refractivity contribution < 1.29 is 27.8 Å². The van der Waals surface area contributed by atoms with Gasteiger partial charge in [-0.25, -0.2) is 4.98 Å². The van der Waals surface area contributed by atoms with Gasteiger partial charge in [0.25, 0.3) is 0 Å². The van der Waals surface area contributed by atoms with Crippen molar-refractivity contribution in [2.45, 2.75) is 51.2 Å². The highest BCUT2D eigenvalue weighted by molar-refractivity contribution is 6.02. The minimum atomic E-state index is -3.09. The summed E-state index contributed by atoms with van der Waals surface area (Å²) in [6.45, 7) is -1.32. The van der Waals surface area contributed by atoms with Crippen molar-refractivity contribution >= 4 is 11.4 Å². The number of fused-ring (bicyclic) bond motifs is 1. The van der Waals surface area contributed by atoms with E-state index in [0.717, 1.165) is 38.6 Å². The van der Waals surface area contributed by atoms with Crippen LogP contribution >= 0.6 is 0 Å². The largest absolute Gasteiger partial charge is 0.496 e. The lowest BCUT2D eigenvalue weighted by molar-refractivity contribution is -0.0502. The Kier molecular flexibility index (Phi) is 7.74. The monoisotopic (exact) mass is 524 g/mol. The fraction of sp³-hybridized carbons (Fsp3) is 0.464. The first-order chi connectivity index (χ1) is 18.5. The summed E-state index contributed by atoms with van der Waals surface area (Å²) in [5, 5.41) is 9.10. The van der Waals surface area contributed by atoms with Gasteiger partial charge in [0.15, 0.2) is 5.78 Å².